The third-order valence-corrected chi connectivity index (χ3v) is 1.99. The fraction of sp³-hybridized carbons (Fsp3) is 0.200. The Labute approximate surface area is 89.3 Å². The maximum atomic E-state index is 12.4. The molecule has 0 aliphatic carbocycles. The fourth-order valence-corrected chi connectivity index (χ4v) is 1.23. The van der Waals surface area contributed by atoms with E-state index >= 15 is 0 Å². The van der Waals surface area contributed by atoms with Crippen LogP contribution >= 0.6 is 0 Å². The highest BCUT2D eigenvalue weighted by atomic mass is 19.4. The van der Waals surface area contributed by atoms with Crippen LogP contribution in [0, 0.1) is 11.3 Å². The molecule has 0 saturated carbocycles. The quantitative estimate of drug-likeness (QED) is 0.592. The first-order valence-electron chi connectivity index (χ1n) is 4.19. The topological polar surface area (TPSA) is 66.9 Å². The molecule has 6 heteroatoms. The Kier molecular flexibility index (Phi) is 2.90. The van der Waals surface area contributed by atoms with Gasteiger partial charge in [-0.1, -0.05) is 0 Å². The molecule has 0 aromatic heterocycles. The molecule has 3 nitrogen and oxygen atoms in total. The number of hydrogen-bond acceptors (Lipinski definition) is 3. The minimum absolute atomic E-state index is 0.222. The third-order valence-electron chi connectivity index (χ3n) is 1.99. The second-order valence-electron chi connectivity index (χ2n) is 3.15. The van der Waals surface area contributed by atoms with Gasteiger partial charge in [0.25, 0.3) is 0 Å². The van der Waals surface area contributed by atoms with Crippen molar-refractivity contribution in [3.8, 4) is 6.07 Å². The summed E-state index contributed by atoms with van der Waals surface area (Å²) in [6.07, 6.45) is -4.59. The van der Waals surface area contributed by atoms with E-state index < -0.39 is 17.5 Å². The summed E-state index contributed by atoms with van der Waals surface area (Å²) in [5.41, 5.74) is 3.38. The summed E-state index contributed by atoms with van der Waals surface area (Å²) in [7, 11) is 0. The Morgan fingerprint density at radius 1 is 1.44 bits per heavy atom. The van der Waals surface area contributed by atoms with Crippen molar-refractivity contribution in [2.45, 2.75) is 13.1 Å². The molecule has 0 spiro atoms. The van der Waals surface area contributed by atoms with Gasteiger partial charge in [-0.25, -0.2) is 0 Å². The number of halogens is 3. The van der Waals surface area contributed by atoms with E-state index in [-0.39, 0.29) is 16.8 Å². The Balaban J connectivity index is 3.54. The number of nitrogen functional groups attached to an aromatic ring is 1. The lowest BCUT2D eigenvalue weighted by atomic mass is 9.99. The normalized spacial score (nSPS) is 10.9. The SMILES string of the molecule is CC(=O)c1cc(C(F)(F)F)cc(N)c1C#N. The molecule has 0 unspecified atom stereocenters. The van der Waals surface area contributed by atoms with E-state index in [0.29, 0.717) is 12.1 Å². The number of nitriles is 1. The molecule has 1 rings (SSSR count). The summed E-state index contributed by atoms with van der Waals surface area (Å²) < 4.78 is 37.2. The molecule has 0 saturated heterocycles. The molecule has 0 bridgehead atoms. The van der Waals surface area contributed by atoms with Crippen molar-refractivity contribution in [2.75, 3.05) is 5.73 Å². The molecule has 0 amide bonds. The van der Waals surface area contributed by atoms with Gasteiger partial charge in [-0.2, -0.15) is 18.4 Å². The minimum Gasteiger partial charge on any atom is -0.398 e. The number of carbonyl (C=O) groups is 1. The van der Waals surface area contributed by atoms with E-state index in [1.54, 1.807) is 6.07 Å². The molecule has 0 aliphatic rings. The van der Waals surface area contributed by atoms with Crippen molar-refractivity contribution in [3.63, 3.8) is 0 Å². The summed E-state index contributed by atoms with van der Waals surface area (Å²) in [6.45, 7) is 1.08. The predicted octanol–water partition coefficient (Wildman–Crippen LogP) is 2.36. The first-order valence-corrected chi connectivity index (χ1v) is 4.19. The van der Waals surface area contributed by atoms with Gasteiger partial charge >= 0.3 is 6.18 Å². The van der Waals surface area contributed by atoms with Crippen molar-refractivity contribution < 1.29 is 18.0 Å². The lowest BCUT2D eigenvalue weighted by Gasteiger charge is -2.10. The van der Waals surface area contributed by atoms with Gasteiger partial charge in [-0.15, -0.1) is 0 Å². The summed E-state index contributed by atoms with van der Waals surface area (Å²) >= 11 is 0. The van der Waals surface area contributed by atoms with Gasteiger partial charge in [0.2, 0.25) is 0 Å². The van der Waals surface area contributed by atoms with Crippen LogP contribution in [0.3, 0.4) is 0 Å². The second-order valence-corrected chi connectivity index (χ2v) is 3.15. The Morgan fingerprint density at radius 2 is 2.00 bits per heavy atom. The molecule has 1 aromatic carbocycles. The standard InChI is InChI=1S/C10H7F3N2O/c1-5(16)7-2-6(10(11,12)13)3-9(15)8(7)4-14/h2-3H,15H2,1H3. The average molecular weight is 228 g/mol. The van der Waals surface area contributed by atoms with E-state index in [9.17, 15) is 18.0 Å². The van der Waals surface area contributed by atoms with Crippen molar-refractivity contribution >= 4 is 11.5 Å². The average Bonchev–Trinajstić information content (AvgIpc) is 2.14. The van der Waals surface area contributed by atoms with Crippen LogP contribution in [0.4, 0.5) is 18.9 Å². The van der Waals surface area contributed by atoms with E-state index in [0.717, 1.165) is 6.92 Å². The zero-order valence-electron chi connectivity index (χ0n) is 8.22. The predicted molar refractivity (Wildman–Crippen MR) is 50.6 cm³/mol. The number of nitrogens with two attached hydrogens (primary N) is 1. The Bertz CT molecular complexity index is 486. The van der Waals surface area contributed by atoms with Crippen LogP contribution in [0.15, 0.2) is 12.1 Å². The van der Waals surface area contributed by atoms with Crippen molar-refractivity contribution in [1.82, 2.24) is 0 Å². The highest BCUT2D eigenvalue weighted by Gasteiger charge is 2.32. The van der Waals surface area contributed by atoms with Crippen LogP contribution in [0.1, 0.15) is 28.4 Å². The van der Waals surface area contributed by atoms with Crippen LogP contribution < -0.4 is 5.73 Å². The third kappa shape index (κ3) is 2.14. The molecule has 0 atom stereocenters. The molecule has 0 fully saturated rings. The van der Waals surface area contributed by atoms with Crippen molar-refractivity contribution in [3.05, 3.63) is 28.8 Å². The monoisotopic (exact) mass is 228 g/mol. The van der Waals surface area contributed by atoms with Gasteiger partial charge in [0.15, 0.2) is 5.78 Å². The van der Waals surface area contributed by atoms with Gasteiger partial charge in [0.1, 0.15) is 6.07 Å². The second kappa shape index (κ2) is 3.85. The number of hydrogen-bond donors (Lipinski definition) is 1. The summed E-state index contributed by atoms with van der Waals surface area (Å²) in [4.78, 5) is 11.1. The summed E-state index contributed by atoms with van der Waals surface area (Å²) in [6, 6.07) is 2.89. The van der Waals surface area contributed by atoms with Gasteiger partial charge in [-0.05, 0) is 19.1 Å². The highest BCUT2D eigenvalue weighted by molar-refractivity contribution is 5.98. The molecule has 1 aromatic rings. The van der Waals surface area contributed by atoms with Crippen LogP contribution in [-0.2, 0) is 6.18 Å². The van der Waals surface area contributed by atoms with E-state index in [2.05, 4.69) is 0 Å². The van der Waals surface area contributed by atoms with Gasteiger partial charge in [0.05, 0.1) is 16.8 Å². The maximum absolute atomic E-state index is 12.4. The zero-order valence-corrected chi connectivity index (χ0v) is 8.22. The Morgan fingerprint density at radius 3 is 2.38 bits per heavy atom. The van der Waals surface area contributed by atoms with Crippen LogP contribution in [-0.4, -0.2) is 5.78 Å². The van der Waals surface area contributed by atoms with Gasteiger partial charge in [0, 0.05) is 5.56 Å². The van der Waals surface area contributed by atoms with Gasteiger partial charge in [-0.3, -0.25) is 4.79 Å². The number of rotatable bonds is 1. The lowest BCUT2D eigenvalue weighted by molar-refractivity contribution is -0.137. The van der Waals surface area contributed by atoms with E-state index in [4.69, 9.17) is 11.0 Å². The molecule has 2 N–H and O–H groups in total. The number of ketones is 1. The highest BCUT2D eigenvalue weighted by Crippen LogP contribution is 2.33. The van der Waals surface area contributed by atoms with E-state index in [1.807, 2.05) is 0 Å². The molecule has 0 aliphatic heterocycles. The number of nitrogens with zero attached hydrogens (tertiary/aromatic N) is 1. The number of benzene rings is 1. The molecular formula is C10H7F3N2O. The van der Waals surface area contributed by atoms with E-state index in [1.165, 1.54) is 0 Å². The molecule has 16 heavy (non-hydrogen) atoms. The first-order chi connectivity index (χ1) is 7.27. The van der Waals surface area contributed by atoms with Gasteiger partial charge < -0.3 is 5.73 Å². The lowest BCUT2D eigenvalue weighted by Crippen LogP contribution is -2.10. The van der Waals surface area contributed by atoms with Crippen molar-refractivity contribution in [2.24, 2.45) is 0 Å². The number of anilines is 1. The summed E-state index contributed by atoms with van der Waals surface area (Å²) in [5.74, 6) is -0.630. The molecular weight excluding hydrogens is 221 g/mol. The van der Waals surface area contributed by atoms with Crippen LogP contribution in [0.5, 0.6) is 0 Å². The minimum atomic E-state index is -4.59. The smallest absolute Gasteiger partial charge is 0.398 e. The molecule has 0 heterocycles. The zero-order chi connectivity index (χ0) is 12.5. The Hall–Kier alpha value is -2.03. The number of alkyl halides is 3. The molecule has 84 valence electrons. The largest absolute Gasteiger partial charge is 0.416 e. The number of carbonyl (C=O) groups excluding carboxylic acids is 1. The summed E-state index contributed by atoms with van der Waals surface area (Å²) in [5, 5.41) is 8.68. The van der Waals surface area contributed by atoms with Crippen molar-refractivity contribution in [1.29, 1.82) is 5.26 Å². The fourth-order valence-electron chi connectivity index (χ4n) is 1.23. The van der Waals surface area contributed by atoms with Crippen LogP contribution in [0.2, 0.25) is 0 Å². The molecule has 0 radical (unpaired) electrons. The van der Waals surface area contributed by atoms with Crippen LogP contribution in [0.25, 0.3) is 0 Å². The first kappa shape index (κ1) is 12.0. The maximum Gasteiger partial charge on any atom is 0.416 e. The number of Topliss-reactive ketones (excluding diaryl/α,β-unsaturated/α-hetero) is 1.